The topological polar surface area (TPSA) is 98.3 Å². The van der Waals surface area contributed by atoms with Crippen molar-refractivity contribution in [1.82, 2.24) is 20.3 Å². The van der Waals surface area contributed by atoms with Crippen LogP contribution in [0.5, 0.6) is 11.8 Å². The molecule has 2 heterocycles. The van der Waals surface area contributed by atoms with Gasteiger partial charge in [-0.2, -0.15) is 9.97 Å². The smallest absolute Gasteiger partial charge is 0.259 e. The van der Waals surface area contributed by atoms with Crippen molar-refractivity contribution in [2.75, 3.05) is 19.5 Å². The summed E-state index contributed by atoms with van der Waals surface area (Å²) in [6.45, 7) is 0. The van der Waals surface area contributed by atoms with Gasteiger partial charge in [0.05, 0.1) is 30.9 Å². The predicted octanol–water partition coefficient (Wildman–Crippen LogP) is 2.32. The van der Waals surface area contributed by atoms with Crippen molar-refractivity contribution >= 4 is 52.4 Å². The molecular formula is C13H11Cl2N5O3S. The lowest BCUT2D eigenvalue weighted by Crippen LogP contribution is -2.34. The van der Waals surface area contributed by atoms with Gasteiger partial charge in [0.1, 0.15) is 5.15 Å². The number of rotatable bonds is 4. The molecule has 0 spiro atoms. The van der Waals surface area contributed by atoms with Gasteiger partial charge in [-0.25, -0.2) is 4.98 Å². The molecule has 0 aliphatic heterocycles. The molecule has 2 N–H and O–H groups in total. The molecule has 0 aliphatic rings. The Labute approximate surface area is 152 Å². The summed E-state index contributed by atoms with van der Waals surface area (Å²) in [5.41, 5.74) is 0.192. The Hall–Kier alpha value is -2.23. The number of pyridine rings is 1. The molecule has 24 heavy (non-hydrogen) atoms. The summed E-state index contributed by atoms with van der Waals surface area (Å²) in [7, 11) is 2.89. The monoisotopic (exact) mass is 387 g/mol. The lowest BCUT2D eigenvalue weighted by Gasteiger charge is -2.10. The third-order valence-corrected chi connectivity index (χ3v) is 3.50. The average Bonchev–Trinajstić information content (AvgIpc) is 2.56. The summed E-state index contributed by atoms with van der Waals surface area (Å²) in [6.07, 6.45) is 1.28. The van der Waals surface area contributed by atoms with Crippen LogP contribution >= 0.6 is 35.4 Å². The third-order valence-electron chi connectivity index (χ3n) is 2.61. The van der Waals surface area contributed by atoms with Crippen molar-refractivity contribution < 1.29 is 14.3 Å². The van der Waals surface area contributed by atoms with Crippen LogP contribution in [0.3, 0.4) is 0 Å². The number of nitrogens with zero attached hydrogens (tertiary/aromatic N) is 3. The third kappa shape index (κ3) is 4.63. The second-order valence-corrected chi connectivity index (χ2v) is 5.35. The summed E-state index contributed by atoms with van der Waals surface area (Å²) < 4.78 is 10.0. The number of hydrogen-bond donors (Lipinski definition) is 2. The molecule has 0 aromatic carbocycles. The molecule has 1 amide bonds. The fraction of sp³-hybridized carbons (Fsp3) is 0.154. The van der Waals surface area contributed by atoms with Gasteiger partial charge in [-0.15, -0.1) is 0 Å². The quantitative estimate of drug-likeness (QED) is 0.608. The van der Waals surface area contributed by atoms with Gasteiger partial charge in [-0.05, 0) is 18.3 Å². The van der Waals surface area contributed by atoms with E-state index in [2.05, 4.69) is 25.6 Å². The molecule has 11 heteroatoms. The van der Waals surface area contributed by atoms with E-state index < -0.39 is 5.91 Å². The molecule has 126 valence electrons. The summed E-state index contributed by atoms with van der Waals surface area (Å²) in [5, 5.41) is 5.33. The van der Waals surface area contributed by atoms with Crippen LogP contribution in [0.4, 0.5) is 5.95 Å². The highest BCUT2D eigenvalue weighted by molar-refractivity contribution is 7.80. The van der Waals surface area contributed by atoms with E-state index in [9.17, 15) is 4.79 Å². The first-order valence-electron chi connectivity index (χ1n) is 6.33. The van der Waals surface area contributed by atoms with Gasteiger partial charge in [-0.1, -0.05) is 23.2 Å². The number of hydrogen-bond acceptors (Lipinski definition) is 7. The van der Waals surface area contributed by atoms with Crippen molar-refractivity contribution in [2.45, 2.75) is 0 Å². The molecular weight excluding hydrogens is 377 g/mol. The molecule has 2 rings (SSSR count). The minimum absolute atomic E-state index is 0.0265. The van der Waals surface area contributed by atoms with E-state index in [0.29, 0.717) is 0 Å². The van der Waals surface area contributed by atoms with Crippen molar-refractivity contribution in [2.24, 2.45) is 0 Å². The largest absolute Gasteiger partial charge is 0.481 e. The van der Waals surface area contributed by atoms with Gasteiger partial charge in [-0.3, -0.25) is 10.1 Å². The molecule has 0 bridgehead atoms. The summed E-state index contributed by atoms with van der Waals surface area (Å²) >= 11 is 16.6. The van der Waals surface area contributed by atoms with E-state index in [-0.39, 0.29) is 38.6 Å². The first-order chi connectivity index (χ1) is 11.4. The molecule has 0 atom stereocenters. The lowest BCUT2D eigenvalue weighted by molar-refractivity contribution is 0.0977. The predicted molar refractivity (Wildman–Crippen MR) is 93.1 cm³/mol. The number of nitrogens with one attached hydrogen (secondary N) is 2. The number of methoxy groups -OCH3 is 2. The van der Waals surface area contributed by atoms with E-state index in [0.717, 1.165) is 0 Å². The number of aromatic nitrogens is 3. The van der Waals surface area contributed by atoms with Gasteiger partial charge in [0.2, 0.25) is 17.7 Å². The van der Waals surface area contributed by atoms with Crippen LogP contribution in [0.2, 0.25) is 10.2 Å². The number of ether oxygens (including phenoxy) is 2. The molecule has 0 radical (unpaired) electrons. The minimum Gasteiger partial charge on any atom is -0.481 e. The highest BCUT2D eigenvalue weighted by Gasteiger charge is 2.12. The Kier molecular flexibility index (Phi) is 6.07. The van der Waals surface area contributed by atoms with Crippen molar-refractivity contribution in [3.8, 4) is 11.8 Å². The number of carbonyl (C=O) groups is 1. The zero-order valence-corrected chi connectivity index (χ0v) is 14.8. The highest BCUT2D eigenvalue weighted by Crippen LogP contribution is 2.20. The zero-order valence-electron chi connectivity index (χ0n) is 12.5. The highest BCUT2D eigenvalue weighted by atomic mass is 35.5. The Morgan fingerprint density at radius 1 is 1.17 bits per heavy atom. The van der Waals surface area contributed by atoms with Crippen LogP contribution in [0.1, 0.15) is 10.4 Å². The van der Waals surface area contributed by atoms with Crippen molar-refractivity contribution in [3.63, 3.8) is 0 Å². The molecule has 0 fully saturated rings. The van der Waals surface area contributed by atoms with E-state index in [1.54, 1.807) is 0 Å². The summed E-state index contributed by atoms with van der Waals surface area (Å²) in [5.74, 6) is 0.122. The summed E-state index contributed by atoms with van der Waals surface area (Å²) in [4.78, 5) is 23.9. The van der Waals surface area contributed by atoms with E-state index in [1.165, 1.54) is 32.5 Å². The van der Waals surface area contributed by atoms with Crippen LogP contribution in [-0.2, 0) is 0 Å². The molecule has 2 aromatic heterocycles. The number of anilines is 1. The normalized spacial score (nSPS) is 10.0. The van der Waals surface area contributed by atoms with Crippen LogP contribution in [0.25, 0.3) is 0 Å². The molecule has 2 aromatic rings. The van der Waals surface area contributed by atoms with Crippen LogP contribution in [0.15, 0.2) is 18.3 Å². The molecule has 0 aliphatic carbocycles. The van der Waals surface area contributed by atoms with Gasteiger partial charge in [0, 0.05) is 6.20 Å². The minimum atomic E-state index is -0.520. The number of carbonyl (C=O) groups excluding carboxylic acids is 1. The van der Waals surface area contributed by atoms with Crippen LogP contribution in [-0.4, -0.2) is 40.2 Å². The van der Waals surface area contributed by atoms with E-state index in [4.69, 9.17) is 44.9 Å². The molecule has 0 saturated heterocycles. The van der Waals surface area contributed by atoms with E-state index >= 15 is 0 Å². The Bertz CT molecular complexity index is 768. The van der Waals surface area contributed by atoms with Crippen LogP contribution in [0, 0.1) is 0 Å². The van der Waals surface area contributed by atoms with Crippen LogP contribution < -0.4 is 20.1 Å². The molecule has 8 nitrogen and oxygen atoms in total. The maximum Gasteiger partial charge on any atom is 0.259 e. The Morgan fingerprint density at radius 2 is 1.79 bits per heavy atom. The first kappa shape index (κ1) is 18.1. The van der Waals surface area contributed by atoms with Gasteiger partial charge < -0.3 is 14.8 Å². The maximum absolute atomic E-state index is 12.1. The fourth-order valence-electron chi connectivity index (χ4n) is 1.52. The average molecular weight is 388 g/mol. The number of amides is 1. The zero-order chi connectivity index (χ0) is 17.7. The summed E-state index contributed by atoms with van der Waals surface area (Å²) in [6, 6.07) is 2.87. The SMILES string of the molecule is COc1cc(OC)nc(NC(=S)NC(=O)c2cnc(Cl)c(Cl)c2)n1. The number of thiocarbonyl (C=S) groups is 1. The molecule has 0 saturated carbocycles. The first-order valence-corrected chi connectivity index (χ1v) is 7.49. The number of halogens is 2. The van der Waals surface area contributed by atoms with Crippen molar-refractivity contribution in [3.05, 3.63) is 34.1 Å². The lowest BCUT2D eigenvalue weighted by atomic mass is 10.3. The maximum atomic E-state index is 12.1. The van der Waals surface area contributed by atoms with Gasteiger partial charge in [0.25, 0.3) is 5.91 Å². The van der Waals surface area contributed by atoms with Gasteiger partial charge >= 0.3 is 0 Å². The standard InChI is InChI=1S/C13H11Cl2N5O3S/c1-22-8-4-9(23-2)18-12(17-8)20-13(24)19-11(21)6-3-7(14)10(15)16-5-6/h3-5H,1-2H3,(H2,17,18,19,20,21,24). The second-order valence-electron chi connectivity index (χ2n) is 4.18. The fourth-order valence-corrected chi connectivity index (χ4v) is 1.98. The second kappa shape index (κ2) is 8.04. The Balaban J connectivity index is 2.07. The molecule has 0 unspecified atom stereocenters. The van der Waals surface area contributed by atoms with E-state index in [1.807, 2.05) is 0 Å². The van der Waals surface area contributed by atoms with Crippen molar-refractivity contribution in [1.29, 1.82) is 0 Å². The van der Waals surface area contributed by atoms with Gasteiger partial charge in [0.15, 0.2) is 5.11 Å². The Morgan fingerprint density at radius 3 is 2.33 bits per heavy atom.